The molecule has 112 valence electrons. The number of esters is 1. The molecule has 0 aromatic heterocycles. The number of sulfonamides is 1. The predicted molar refractivity (Wildman–Crippen MR) is 74.1 cm³/mol. The molecule has 1 aromatic carbocycles. The van der Waals surface area contributed by atoms with E-state index >= 15 is 0 Å². The molecule has 0 radical (unpaired) electrons. The Morgan fingerprint density at radius 3 is 2.50 bits per heavy atom. The Kier molecular flexibility index (Phi) is 5.52. The third-order valence-electron chi connectivity index (χ3n) is 2.35. The van der Waals surface area contributed by atoms with E-state index in [9.17, 15) is 13.2 Å². The van der Waals surface area contributed by atoms with Gasteiger partial charge < -0.3 is 9.47 Å². The van der Waals surface area contributed by atoms with Crippen molar-refractivity contribution in [1.29, 1.82) is 0 Å². The first-order chi connectivity index (χ1) is 9.25. The molecule has 0 amide bonds. The smallest absolute Gasteiger partial charge is 0.341 e. The van der Waals surface area contributed by atoms with Crippen LogP contribution in [-0.2, 0) is 14.8 Å². The van der Waals surface area contributed by atoms with E-state index < -0.39 is 16.0 Å². The Bertz CT molecular complexity index is 580. The monoisotopic (exact) mass is 301 g/mol. The van der Waals surface area contributed by atoms with Crippen LogP contribution in [0.1, 0.15) is 31.1 Å². The van der Waals surface area contributed by atoms with Crippen LogP contribution in [0.3, 0.4) is 0 Å². The zero-order valence-corrected chi connectivity index (χ0v) is 12.6. The standard InChI is InChI=1S/C13H19NO5S/c1-4-18-12-6-5-10(20(14,16)17)7-11(12)13(15)19-8-9(2)3/h5-7,9H,4,8H2,1-3H3,(H2,14,16,17). The lowest BCUT2D eigenvalue weighted by Gasteiger charge is -2.12. The van der Waals surface area contributed by atoms with Crippen molar-refractivity contribution in [2.45, 2.75) is 25.7 Å². The van der Waals surface area contributed by atoms with Crippen LogP contribution in [0.5, 0.6) is 5.75 Å². The number of hydrogen-bond acceptors (Lipinski definition) is 5. The van der Waals surface area contributed by atoms with Crippen molar-refractivity contribution < 1.29 is 22.7 Å². The second-order valence-electron chi connectivity index (χ2n) is 4.63. The summed E-state index contributed by atoms with van der Waals surface area (Å²) >= 11 is 0. The van der Waals surface area contributed by atoms with Gasteiger partial charge in [0.15, 0.2) is 0 Å². The number of benzene rings is 1. The van der Waals surface area contributed by atoms with E-state index in [1.165, 1.54) is 18.2 Å². The average molecular weight is 301 g/mol. The van der Waals surface area contributed by atoms with Crippen LogP contribution < -0.4 is 9.88 Å². The summed E-state index contributed by atoms with van der Waals surface area (Å²) in [6.07, 6.45) is 0. The Balaban J connectivity index is 3.15. The first-order valence-electron chi connectivity index (χ1n) is 6.22. The lowest BCUT2D eigenvalue weighted by molar-refractivity contribution is 0.0454. The minimum atomic E-state index is -3.89. The van der Waals surface area contributed by atoms with Gasteiger partial charge in [-0.05, 0) is 31.0 Å². The number of ether oxygens (including phenoxy) is 2. The highest BCUT2D eigenvalue weighted by Crippen LogP contribution is 2.23. The molecule has 0 saturated carbocycles. The molecular formula is C13H19NO5S. The largest absolute Gasteiger partial charge is 0.493 e. The number of primary sulfonamides is 1. The van der Waals surface area contributed by atoms with Crippen molar-refractivity contribution in [1.82, 2.24) is 0 Å². The molecular weight excluding hydrogens is 282 g/mol. The molecule has 0 unspecified atom stereocenters. The fourth-order valence-corrected chi connectivity index (χ4v) is 1.99. The maximum atomic E-state index is 12.0. The number of rotatable bonds is 6. The number of carbonyl (C=O) groups excluding carboxylic acids is 1. The van der Waals surface area contributed by atoms with Gasteiger partial charge in [0.2, 0.25) is 10.0 Å². The molecule has 6 nitrogen and oxygen atoms in total. The highest BCUT2D eigenvalue weighted by atomic mass is 32.2. The molecule has 0 bridgehead atoms. The van der Waals surface area contributed by atoms with Crippen LogP contribution in [0, 0.1) is 5.92 Å². The quantitative estimate of drug-likeness (QED) is 0.804. The lowest BCUT2D eigenvalue weighted by atomic mass is 10.2. The highest BCUT2D eigenvalue weighted by molar-refractivity contribution is 7.89. The molecule has 7 heteroatoms. The Labute approximate surface area is 118 Å². The molecule has 0 saturated heterocycles. The summed E-state index contributed by atoms with van der Waals surface area (Å²) in [7, 11) is -3.89. The van der Waals surface area contributed by atoms with E-state index in [1.54, 1.807) is 6.92 Å². The third kappa shape index (κ3) is 4.50. The highest BCUT2D eigenvalue weighted by Gasteiger charge is 2.19. The normalized spacial score (nSPS) is 11.4. The topological polar surface area (TPSA) is 95.7 Å². The number of carbonyl (C=O) groups is 1. The van der Waals surface area contributed by atoms with Gasteiger partial charge in [-0.15, -0.1) is 0 Å². The van der Waals surface area contributed by atoms with E-state index in [-0.39, 0.29) is 28.7 Å². The van der Waals surface area contributed by atoms with E-state index in [0.717, 1.165) is 0 Å². The number of nitrogens with two attached hydrogens (primary N) is 1. The van der Waals surface area contributed by atoms with Gasteiger partial charge in [0, 0.05) is 0 Å². The summed E-state index contributed by atoms with van der Waals surface area (Å²) < 4.78 is 33.0. The summed E-state index contributed by atoms with van der Waals surface area (Å²) in [4.78, 5) is 11.8. The van der Waals surface area contributed by atoms with E-state index in [1.807, 2.05) is 13.8 Å². The maximum Gasteiger partial charge on any atom is 0.341 e. The van der Waals surface area contributed by atoms with Crippen molar-refractivity contribution in [2.24, 2.45) is 11.1 Å². The van der Waals surface area contributed by atoms with Crippen LogP contribution in [0.25, 0.3) is 0 Å². The number of hydrogen-bond donors (Lipinski definition) is 1. The van der Waals surface area contributed by atoms with Gasteiger partial charge in [0.1, 0.15) is 11.3 Å². The molecule has 0 heterocycles. The van der Waals surface area contributed by atoms with Gasteiger partial charge in [-0.3, -0.25) is 0 Å². The molecule has 0 fully saturated rings. The van der Waals surface area contributed by atoms with Crippen LogP contribution in [0.15, 0.2) is 23.1 Å². The summed E-state index contributed by atoms with van der Waals surface area (Å²) in [6, 6.07) is 3.86. The van der Waals surface area contributed by atoms with Crippen molar-refractivity contribution in [3.05, 3.63) is 23.8 Å². The van der Waals surface area contributed by atoms with Gasteiger partial charge >= 0.3 is 5.97 Å². The van der Waals surface area contributed by atoms with Gasteiger partial charge in [-0.1, -0.05) is 13.8 Å². The van der Waals surface area contributed by atoms with Gasteiger partial charge in [-0.2, -0.15) is 0 Å². The molecule has 0 aliphatic heterocycles. The molecule has 0 spiro atoms. The lowest BCUT2D eigenvalue weighted by Crippen LogP contribution is -2.16. The molecule has 1 rings (SSSR count). The molecule has 20 heavy (non-hydrogen) atoms. The molecule has 2 N–H and O–H groups in total. The van der Waals surface area contributed by atoms with Gasteiger partial charge in [0.05, 0.1) is 18.1 Å². The van der Waals surface area contributed by atoms with Crippen molar-refractivity contribution >= 4 is 16.0 Å². The van der Waals surface area contributed by atoms with Crippen molar-refractivity contribution in [2.75, 3.05) is 13.2 Å². The SMILES string of the molecule is CCOc1ccc(S(N)(=O)=O)cc1C(=O)OCC(C)C. The fourth-order valence-electron chi connectivity index (χ4n) is 1.45. The summed E-state index contributed by atoms with van der Waals surface area (Å²) in [6.45, 7) is 6.15. The van der Waals surface area contributed by atoms with Crippen LogP contribution in [0.2, 0.25) is 0 Å². The maximum absolute atomic E-state index is 12.0. The Hall–Kier alpha value is -1.60. The van der Waals surface area contributed by atoms with Gasteiger partial charge in [-0.25, -0.2) is 18.4 Å². The fraction of sp³-hybridized carbons (Fsp3) is 0.462. The molecule has 0 atom stereocenters. The van der Waals surface area contributed by atoms with Crippen molar-refractivity contribution in [3.8, 4) is 5.75 Å². The van der Waals surface area contributed by atoms with E-state index in [2.05, 4.69) is 0 Å². The molecule has 1 aromatic rings. The Morgan fingerprint density at radius 1 is 1.35 bits per heavy atom. The second kappa shape index (κ2) is 6.71. The third-order valence-corrected chi connectivity index (χ3v) is 3.26. The van der Waals surface area contributed by atoms with Crippen LogP contribution in [0.4, 0.5) is 0 Å². The van der Waals surface area contributed by atoms with Crippen molar-refractivity contribution in [3.63, 3.8) is 0 Å². The Morgan fingerprint density at radius 2 is 2.00 bits per heavy atom. The first kappa shape index (κ1) is 16.5. The zero-order valence-electron chi connectivity index (χ0n) is 11.8. The van der Waals surface area contributed by atoms with E-state index in [0.29, 0.717) is 6.61 Å². The van der Waals surface area contributed by atoms with E-state index in [4.69, 9.17) is 14.6 Å². The molecule has 0 aliphatic rings. The zero-order chi connectivity index (χ0) is 15.3. The molecule has 0 aliphatic carbocycles. The van der Waals surface area contributed by atoms with Crippen LogP contribution >= 0.6 is 0 Å². The first-order valence-corrected chi connectivity index (χ1v) is 7.77. The average Bonchev–Trinajstić information content (AvgIpc) is 2.35. The summed E-state index contributed by atoms with van der Waals surface area (Å²) in [5.41, 5.74) is 0.0547. The summed E-state index contributed by atoms with van der Waals surface area (Å²) in [5.74, 6) is -0.183. The second-order valence-corrected chi connectivity index (χ2v) is 6.19. The van der Waals surface area contributed by atoms with Gasteiger partial charge in [0.25, 0.3) is 0 Å². The predicted octanol–water partition coefficient (Wildman–Crippen LogP) is 1.55. The minimum absolute atomic E-state index is 0.0547. The minimum Gasteiger partial charge on any atom is -0.493 e. The van der Waals surface area contributed by atoms with Crippen LogP contribution in [-0.4, -0.2) is 27.6 Å². The summed E-state index contributed by atoms with van der Waals surface area (Å²) in [5, 5.41) is 5.05.